The molecule has 0 aromatic carbocycles. The summed E-state index contributed by atoms with van der Waals surface area (Å²) in [6.07, 6.45) is 0. The summed E-state index contributed by atoms with van der Waals surface area (Å²) in [4.78, 5) is 7.25. The maximum atomic E-state index is 7.25. The SMILES string of the molecule is [Br][Ir-2]([Br])([Br])([Br])[Br].[K+].[K+].[N-]=O. The Hall–Kier alpha value is 5.92. The molecule has 0 saturated heterocycles. The summed E-state index contributed by atoms with van der Waals surface area (Å²) in [5, 5.41) is 0. The maximum absolute atomic E-state index is 7.25. The van der Waals surface area contributed by atoms with E-state index in [-0.39, 0.29) is 103 Å². The molecule has 0 heterocycles. The van der Waals surface area contributed by atoms with E-state index in [1.165, 1.54) is 0 Å². The molecule has 0 aromatic heterocycles. The molecule has 0 spiro atoms. The minimum absolute atomic E-state index is 0. The third kappa shape index (κ3) is 66.3. The average molecular weight is 700 g/mol. The topological polar surface area (TPSA) is 39.4 Å². The Balaban J connectivity index is -0.0000000412. The van der Waals surface area contributed by atoms with Gasteiger partial charge in [-0.2, -0.15) is 0 Å². The first-order chi connectivity index (χ1) is 3.24. The Kier molecular flexibility index (Phi) is 28.5. The third-order valence-electron chi connectivity index (χ3n) is 0. The van der Waals surface area contributed by atoms with Crippen molar-refractivity contribution in [1.29, 1.82) is 0 Å². The molecule has 0 aliphatic heterocycles. The van der Waals surface area contributed by atoms with Gasteiger partial charge in [0, 0.05) is 0 Å². The van der Waals surface area contributed by atoms with E-state index >= 15 is 0 Å². The normalized spacial score (nSPS) is 11.9. The molecule has 0 N–H and O–H groups in total. The predicted octanol–water partition coefficient (Wildman–Crippen LogP) is -1.44. The quantitative estimate of drug-likeness (QED) is 0.286. The van der Waals surface area contributed by atoms with Gasteiger partial charge in [-0.05, 0) is 0 Å². The van der Waals surface area contributed by atoms with Gasteiger partial charge in [0.1, 0.15) is 0 Å². The molecule has 0 amide bonds. The summed E-state index contributed by atoms with van der Waals surface area (Å²) in [5.41, 5.74) is 5.75. The van der Waals surface area contributed by atoms with E-state index in [4.69, 9.17) is 10.5 Å². The van der Waals surface area contributed by atoms with Gasteiger partial charge in [0.05, 0.1) is 0 Å². The van der Waals surface area contributed by atoms with Crippen LogP contribution in [-0.2, 0) is 4.09 Å². The minimum Gasteiger partial charge on any atom is -0.577 e. The van der Waals surface area contributed by atoms with Gasteiger partial charge in [-0.1, -0.05) is 0 Å². The summed E-state index contributed by atoms with van der Waals surface area (Å²) in [6, 6.07) is 0. The van der Waals surface area contributed by atoms with Crippen LogP contribution < -0.4 is 103 Å². The first kappa shape index (κ1) is 24.9. The zero-order chi connectivity index (χ0) is 7.45. The van der Waals surface area contributed by atoms with Crippen molar-refractivity contribution in [2.75, 3.05) is 0 Å². The molecule has 0 aromatic rings. The summed E-state index contributed by atoms with van der Waals surface area (Å²) >= 11 is 16.7. The van der Waals surface area contributed by atoms with Crippen LogP contribution in [0.4, 0.5) is 0 Å². The van der Waals surface area contributed by atoms with E-state index in [9.17, 15) is 0 Å². The Labute approximate surface area is 178 Å². The summed E-state index contributed by atoms with van der Waals surface area (Å²) in [7, 11) is 0. The molecular formula is Br5IrK2NO-. The van der Waals surface area contributed by atoms with E-state index in [1.807, 2.05) is 0 Å². The molecule has 58 valence electrons. The monoisotopic (exact) mass is 695 g/mol. The van der Waals surface area contributed by atoms with Crippen LogP contribution in [0.2, 0.25) is 0 Å². The van der Waals surface area contributed by atoms with Crippen molar-refractivity contribution >= 4 is 67.5 Å². The molecule has 10 heteroatoms. The largest absolute Gasteiger partial charge is 1.00 e. The van der Waals surface area contributed by atoms with Crippen molar-refractivity contribution in [3.63, 3.8) is 0 Å². The molecule has 0 fully saturated rings. The fraction of sp³-hybridized carbons (Fsp3) is 0. The molecule has 2 nitrogen and oxygen atoms in total. The number of rotatable bonds is 0. The second kappa shape index (κ2) is 11.4. The van der Waals surface area contributed by atoms with Gasteiger partial charge < -0.3 is 10.5 Å². The maximum Gasteiger partial charge on any atom is 1.00 e. The van der Waals surface area contributed by atoms with Crippen molar-refractivity contribution in [2.24, 2.45) is 0 Å². The number of halogens is 5. The zero-order valence-electron chi connectivity index (χ0n) is 5.08. The van der Waals surface area contributed by atoms with Crippen molar-refractivity contribution in [1.82, 2.24) is 0 Å². The summed E-state index contributed by atoms with van der Waals surface area (Å²) < 4.78 is -2.54. The Morgan fingerprint density at radius 3 is 0.800 bits per heavy atom. The van der Waals surface area contributed by atoms with Crippen LogP contribution in [-0.4, -0.2) is 0 Å². The van der Waals surface area contributed by atoms with Gasteiger partial charge >= 0.3 is 174 Å². The number of nitroso groups, excluding NO2 is 1. The van der Waals surface area contributed by atoms with E-state index in [0.717, 1.165) is 0 Å². The van der Waals surface area contributed by atoms with E-state index in [2.05, 4.69) is 67.5 Å². The van der Waals surface area contributed by atoms with Crippen LogP contribution in [0.1, 0.15) is 0 Å². The van der Waals surface area contributed by atoms with Crippen molar-refractivity contribution in [3.8, 4) is 0 Å². The minimum atomic E-state index is -2.54. The molecular weight excluding hydrogens is 700 g/mol. The van der Waals surface area contributed by atoms with Crippen LogP contribution in [0.25, 0.3) is 5.59 Å². The zero-order valence-corrected chi connectivity index (χ0v) is 21.6. The Morgan fingerprint density at radius 2 is 0.800 bits per heavy atom. The molecule has 0 saturated carbocycles. The van der Waals surface area contributed by atoms with Gasteiger partial charge in [-0.15, -0.1) is 0 Å². The Morgan fingerprint density at radius 1 is 0.800 bits per heavy atom. The standard InChI is InChI=1S/5BrH.Ir.2K.NO/c;;;;;;;;1-2/h5*1H;;;;/q;;;;;+3;2*+1;-1/p-5. The van der Waals surface area contributed by atoms with Crippen LogP contribution >= 0.6 is 67.5 Å². The Bertz CT molecular complexity index is 62.5. The summed E-state index contributed by atoms with van der Waals surface area (Å²) in [5.74, 6) is 0. The van der Waals surface area contributed by atoms with Crippen LogP contribution in [0.3, 0.4) is 0 Å². The second-order valence-corrected chi connectivity index (χ2v) is 105. The number of hydrogen-bond donors (Lipinski definition) is 0. The van der Waals surface area contributed by atoms with Crippen LogP contribution in [0, 0.1) is 4.91 Å². The molecule has 0 bridgehead atoms. The van der Waals surface area contributed by atoms with E-state index < -0.39 is 4.09 Å². The molecule has 10 heavy (non-hydrogen) atoms. The van der Waals surface area contributed by atoms with E-state index in [1.54, 1.807) is 0 Å². The van der Waals surface area contributed by atoms with Gasteiger partial charge in [-0.25, -0.2) is 0 Å². The van der Waals surface area contributed by atoms with Crippen molar-refractivity contribution in [2.45, 2.75) is 0 Å². The fourth-order valence-electron chi connectivity index (χ4n) is 0. The van der Waals surface area contributed by atoms with Crippen LogP contribution in [0.15, 0.2) is 0 Å². The van der Waals surface area contributed by atoms with Gasteiger partial charge in [0.25, 0.3) is 0 Å². The number of hydrogen-bond acceptors (Lipinski definition) is 1. The van der Waals surface area contributed by atoms with Gasteiger partial charge in [0.15, 0.2) is 0 Å². The first-order valence-corrected chi connectivity index (χ1v) is 27.0. The predicted molar refractivity (Wildman–Crippen MR) is 51.4 cm³/mol. The van der Waals surface area contributed by atoms with Gasteiger partial charge in [-0.3, -0.25) is 0 Å². The summed E-state index contributed by atoms with van der Waals surface area (Å²) in [6.45, 7) is 0. The van der Waals surface area contributed by atoms with Crippen LogP contribution in [0.5, 0.6) is 0 Å². The second-order valence-electron chi connectivity index (χ2n) is 0.476. The average Bonchev–Trinajstić information content (AvgIpc) is 1.33. The molecule has 0 unspecified atom stereocenters. The molecule has 0 radical (unpaired) electrons. The first-order valence-electron chi connectivity index (χ1n) is 0.813. The molecule has 0 aliphatic carbocycles. The molecule has 0 rings (SSSR count). The van der Waals surface area contributed by atoms with E-state index in [0.29, 0.717) is 0 Å². The molecule has 0 atom stereocenters. The van der Waals surface area contributed by atoms with Crippen molar-refractivity contribution in [3.05, 3.63) is 10.5 Å². The molecule has 0 aliphatic rings. The fourth-order valence-corrected chi connectivity index (χ4v) is 0. The van der Waals surface area contributed by atoms with Crippen molar-refractivity contribution < 1.29 is 107 Å². The number of nitrogens with zero attached hydrogens (tertiary/aromatic N) is 1. The third-order valence-corrected chi connectivity index (χ3v) is 0. The van der Waals surface area contributed by atoms with Gasteiger partial charge in [0.2, 0.25) is 0 Å². The smallest absolute Gasteiger partial charge is 0.577 e.